The van der Waals surface area contributed by atoms with E-state index in [4.69, 9.17) is 0 Å². The van der Waals surface area contributed by atoms with Gasteiger partial charge in [0.2, 0.25) is 5.91 Å². The van der Waals surface area contributed by atoms with Crippen LogP contribution in [0, 0.1) is 0 Å². The number of nitrogens with one attached hydrogen (secondary N) is 2. The number of benzene rings is 2. The zero-order valence-electron chi connectivity index (χ0n) is 10.8. The molecular formula is C14H11BrN2O3S. The Balaban J connectivity index is 1.92. The summed E-state index contributed by atoms with van der Waals surface area (Å²) in [6.45, 7) is 0. The van der Waals surface area contributed by atoms with E-state index in [1.807, 2.05) is 6.07 Å². The second-order valence-corrected chi connectivity index (χ2v) is 7.26. The number of sulfonamides is 1. The molecule has 0 radical (unpaired) electrons. The van der Waals surface area contributed by atoms with Gasteiger partial charge < -0.3 is 5.32 Å². The van der Waals surface area contributed by atoms with Crippen molar-refractivity contribution >= 4 is 43.2 Å². The van der Waals surface area contributed by atoms with Gasteiger partial charge in [0.1, 0.15) is 0 Å². The van der Waals surface area contributed by atoms with E-state index in [0.717, 1.165) is 4.47 Å². The molecule has 5 nitrogen and oxygen atoms in total. The zero-order chi connectivity index (χ0) is 15.0. The number of halogens is 1. The highest BCUT2D eigenvalue weighted by Crippen LogP contribution is 2.27. The molecule has 1 amide bonds. The fraction of sp³-hybridized carbons (Fsp3) is 0.0714. The van der Waals surface area contributed by atoms with E-state index < -0.39 is 10.0 Å². The summed E-state index contributed by atoms with van der Waals surface area (Å²) in [5.74, 6) is -0.125. The molecule has 0 aromatic heterocycles. The van der Waals surface area contributed by atoms with E-state index in [1.54, 1.807) is 24.3 Å². The Morgan fingerprint density at radius 3 is 2.71 bits per heavy atom. The number of rotatable bonds is 3. The first-order valence-electron chi connectivity index (χ1n) is 6.15. The molecule has 0 fully saturated rings. The van der Waals surface area contributed by atoms with Crippen molar-refractivity contribution in [3.05, 3.63) is 52.5 Å². The van der Waals surface area contributed by atoms with Crippen molar-refractivity contribution < 1.29 is 13.2 Å². The van der Waals surface area contributed by atoms with Crippen LogP contribution in [0.4, 0.5) is 11.4 Å². The molecule has 7 heteroatoms. The summed E-state index contributed by atoms with van der Waals surface area (Å²) in [6.07, 6.45) is 0.204. The van der Waals surface area contributed by atoms with Crippen LogP contribution in [0.3, 0.4) is 0 Å². The first-order chi connectivity index (χ1) is 9.94. The van der Waals surface area contributed by atoms with Crippen LogP contribution in [-0.2, 0) is 21.2 Å². The Hall–Kier alpha value is -1.86. The third-order valence-corrected chi connectivity index (χ3v) is 4.96. The average molecular weight is 367 g/mol. The highest BCUT2D eigenvalue weighted by atomic mass is 79.9. The standard InChI is InChI=1S/C14H11BrN2O3S/c15-10-2-1-3-11(8-10)17-21(19,20)12-4-5-13-9(6-12)7-14(18)16-13/h1-6,8,17H,7H2,(H,16,18). The molecule has 2 aromatic carbocycles. The number of fused-ring (bicyclic) bond motifs is 1. The number of carbonyl (C=O) groups is 1. The number of anilines is 2. The Labute approximate surface area is 130 Å². The van der Waals surface area contributed by atoms with Gasteiger partial charge in [-0.15, -0.1) is 0 Å². The Kier molecular flexibility index (Phi) is 3.46. The highest BCUT2D eigenvalue weighted by molar-refractivity contribution is 9.10. The molecule has 0 aliphatic carbocycles. The third-order valence-electron chi connectivity index (χ3n) is 3.09. The predicted molar refractivity (Wildman–Crippen MR) is 83.7 cm³/mol. The average Bonchev–Trinajstić information content (AvgIpc) is 2.77. The molecule has 1 aliphatic heterocycles. The molecule has 0 bridgehead atoms. The van der Waals surface area contributed by atoms with Crippen molar-refractivity contribution in [1.29, 1.82) is 0 Å². The molecule has 2 aromatic rings. The van der Waals surface area contributed by atoms with Crippen LogP contribution in [0.1, 0.15) is 5.56 Å². The lowest BCUT2D eigenvalue weighted by atomic mass is 10.2. The van der Waals surface area contributed by atoms with Gasteiger partial charge in [-0.3, -0.25) is 9.52 Å². The molecule has 2 N–H and O–H groups in total. The van der Waals surface area contributed by atoms with Crippen molar-refractivity contribution in [1.82, 2.24) is 0 Å². The number of hydrogen-bond donors (Lipinski definition) is 2. The summed E-state index contributed by atoms with van der Waals surface area (Å²) in [5, 5.41) is 2.67. The van der Waals surface area contributed by atoms with E-state index in [0.29, 0.717) is 16.9 Å². The minimum absolute atomic E-state index is 0.125. The molecule has 108 valence electrons. The lowest BCUT2D eigenvalue weighted by molar-refractivity contribution is -0.115. The van der Waals surface area contributed by atoms with Crippen LogP contribution >= 0.6 is 15.9 Å². The zero-order valence-corrected chi connectivity index (χ0v) is 13.2. The first kappa shape index (κ1) is 14.1. The van der Waals surface area contributed by atoms with Gasteiger partial charge in [0, 0.05) is 15.8 Å². The smallest absolute Gasteiger partial charge is 0.261 e. The Morgan fingerprint density at radius 1 is 1.14 bits per heavy atom. The maximum absolute atomic E-state index is 12.4. The van der Waals surface area contributed by atoms with E-state index in [-0.39, 0.29) is 17.2 Å². The summed E-state index contributed by atoms with van der Waals surface area (Å²) < 4.78 is 28.0. The molecule has 1 heterocycles. The van der Waals surface area contributed by atoms with Gasteiger partial charge in [0.05, 0.1) is 11.3 Å². The van der Waals surface area contributed by atoms with Crippen molar-refractivity contribution in [2.45, 2.75) is 11.3 Å². The minimum atomic E-state index is -3.68. The second-order valence-electron chi connectivity index (χ2n) is 4.66. The predicted octanol–water partition coefficient (Wildman–Crippen LogP) is 2.74. The summed E-state index contributed by atoms with van der Waals surface area (Å²) in [7, 11) is -3.68. The van der Waals surface area contributed by atoms with Crippen LogP contribution < -0.4 is 10.0 Å². The fourth-order valence-electron chi connectivity index (χ4n) is 2.14. The lowest BCUT2D eigenvalue weighted by Gasteiger charge is -2.09. The largest absolute Gasteiger partial charge is 0.326 e. The monoisotopic (exact) mass is 366 g/mol. The van der Waals surface area contributed by atoms with E-state index in [9.17, 15) is 13.2 Å². The SMILES string of the molecule is O=C1Cc2cc(S(=O)(=O)Nc3cccc(Br)c3)ccc2N1. The highest BCUT2D eigenvalue weighted by Gasteiger charge is 2.21. The molecule has 3 rings (SSSR count). The summed E-state index contributed by atoms with van der Waals surface area (Å²) in [5.41, 5.74) is 1.83. The number of carbonyl (C=O) groups excluding carboxylic acids is 1. The van der Waals surface area contributed by atoms with Crippen LogP contribution in [0.15, 0.2) is 51.8 Å². The van der Waals surface area contributed by atoms with Crippen molar-refractivity contribution in [3.63, 3.8) is 0 Å². The molecule has 0 atom stereocenters. The van der Waals surface area contributed by atoms with Gasteiger partial charge in [0.15, 0.2) is 0 Å². The van der Waals surface area contributed by atoms with Crippen LogP contribution in [0.2, 0.25) is 0 Å². The first-order valence-corrected chi connectivity index (χ1v) is 8.43. The van der Waals surface area contributed by atoms with Gasteiger partial charge in [-0.05, 0) is 42.0 Å². The topological polar surface area (TPSA) is 75.3 Å². The van der Waals surface area contributed by atoms with Gasteiger partial charge >= 0.3 is 0 Å². The maximum Gasteiger partial charge on any atom is 0.261 e. The third kappa shape index (κ3) is 2.93. The Morgan fingerprint density at radius 2 is 1.95 bits per heavy atom. The number of hydrogen-bond acceptors (Lipinski definition) is 3. The summed E-state index contributed by atoms with van der Waals surface area (Å²) in [4.78, 5) is 11.4. The van der Waals surface area contributed by atoms with Crippen molar-refractivity contribution in [3.8, 4) is 0 Å². The molecule has 0 saturated carbocycles. The Bertz CT molecular complexity index is 834. The van der Waals surface area contributed by atoms with Crippen molar-refractivity contribution in [2.75, 3.05) is 10.0 Å². The minimum Gasteiger partial charge on any atom is -0.326 e. The van der Waals surface area contributed by atoms with Crippen LogP contribution in [0.25, 0.3) is 0 Å². The summed E-state index contributed by atoms with van der Waals surface area (Å²) in [6, 6.07) is 11.5. The fourth-order valence-corrected chi connectivity index (χ4v) is 3.64. The van der Waals surface area contributed by atoms with E-state index in [1.165, 1.54) is 12.1 Å². The van der Waals surface area contributed by atoms with Gasteiger partial charge in [-0.1, -0.05) is 22.0 Å². The van der Waals surface area contributed by atoms with Gasteiger partial charge in [-0.2, -0.15) is 0 Å². The second kappa shape index (κ2) is 5.16. The van der Waals surface area contributed by atoms with Crippen LogP contribution in [-0.4, -0.2) is 14.3 Å². The normalized spacial score (nSPS) is 13.7. The molecule has 1 aliphatic rings. The molecule has 0 unspecified atom stereocenters. The van der Waals surface area contributed by atoms with Gasteiger partial charge in [-0.25, -0.2) is 8.42 Å². The molecule has 21 heavy (non-hydrogen) atoms. The summed E-state index contributed by atoms with van der Waals surface area (Å²) >= 11 is 3.29. The van der Waals surface area contributed by atoms with E-state index in [2.05, 4.69) is 26.0 Å². The molecule has 0 spiro atoms. The quantitative estimate of drug-likeness (QED) is 0.876. The lowest BCUT2D eigenvalue weighted by Crippen LogP contribution is -2.13. The van der Waals surface area contributed by atoms with E-state index >= 15 is 0 Å². The van der Waals surface area contributed by atoms with Gasteiger partial charge in [0.25, 0.3) is 10.0 Å². The van der Waals surface area contributed by atoms with Crippen molar-refractivity contribution in [2.24, 2.45) is 0 Å². The molecular weight excluding hydrogens is 356 g/mol. The van der Waals surface area contributed by atoms with Crippen LogP contribution in [0.5, 0.6) is 0 Å². The molecule has 0 saturated heterocycles. The maximum atomic E-state index is 12.4. The number of amides is 1.